The quantitative estimate of drug-likeness (QED) is 0.475. The second kappa shape index (κ2) is 6.24. The van der Waals surface area contributed by atoms with Crippen molar-refractivity contribution in [3.63, 3.8) is 0 Å². The highest BCUT2D eigenvalue weighted by Crippen LogP contribution is 2.29. The third kappa shape index (κ3) is 3.38. The smallest absolute Gasteiger partial charge is 0.323 e. The van der Waals surface area contributed by atoms with Crippen LogP contribution in [0.1, 0.15) is 11.5 Å². The van der Waals surface area contributed by atoms with E-state index in [1.807, 2.05) is 0 Å². The molecule has 0 aromatic carbocycles. The highest BCUT2D eigenvalue weighted by Gasteiger charge is 2.22. The number of carbonyl (C=O) groups excluding carboxylic acids is 1. The topological polar surface area (TPSA) is 114 Å². The lowest BCUT2D eigenvalue weighted by Gasteiger charge is -2.01. The molecule has 2 heterocycles. The molecular formula is C11H12N4O4S. The van der Waals surface area contributed by atoms with Crippen LogP contribution in [0.3, 0.4) is 0 Å². The Kier molecular flexibility index (Phi) is 4.41. The van der Waals surface area contributed by atoms with Crippen LogP contribution in [-0.2, 0) is 11.3 Å². The van der Waals surface area contributed by atoms with Gasteiger partial charge in [-0.15, -0.1) is 0 Å². The molecule has 2 aromatic rings. The van der Waals surface area contributed by atoms with Gasteiger partial charge < -0.3 is 9.73 Å². The number of nitrogens with one attached hydrogen (secondary N) is 2. The standard InChI is InChI=1S/C11H12N4O4S/c1-7-10(15(17)18)11(14-13-7)20-6-9(16)12-5-8-3-2-4-19-8/h2-4H,5-6H2,1H3,(H,12,16)(H,13,14). The molecule has 0 fully saturated rings. The Bertz CT molecular complexity index is 608. The SMILES string of the molecule is Cc1[nH]nc(SCC(=O)NCc2ccco2)c1[N+](=O)[O-]. The van der Waals surface area contributed by atoms with E-state index in [0.29, 0.717) is 11.5 Å². The van der Waals surface area contributed by atoms with E-state index in [0.717, 1.165) is 11.8 Å². The summed E-state index contributed by atoms with van der Waals surface area (Å²) in [4.78, 5) is 22.0. The van der Waals surface area contributed by atoms with Gasteiger partial charge in [0.05, 0.1) is 23.5 Å². The van der Waals surface area contributed by atoms with Crippen molar-refractivity contribution in [2.75, 3.05) is 5.75 Å². The fraction of sp³-hybridized carbons (Fsp3) is 0.273. The van der Waals surface area contributed by atoms with Crippen LogP contribution in [0.25, 0.3) is 0 Å². The molecule has 0 aliphatic heterocycles. The predicted octanol–water partition coefficient (Wildman–Crippen LogP) is 1.63. The maximum absolute atomic E-state index is 11.6. The predicted molar refractivity (Wildman–Crippen MR) is 71.3 cm³/mol. The van der Waals surface area contributed by atoms with Gasteiger partial charge in [0.2, 0.25) is 5.91 Å². The molecule has 0 bridgehead atoms. The number of amides is 1. The molecule has 0 radical (unpaired) electrons. The van der Waals surface area contributed by atoms with Crippen LogP contribution in [0.5, 0.6) is 0 Å². The van der Waals surface area contributed by atoms with Gasteiger partial charge in [0, 0.05) is 0 Å². The largest absolute Gasteiger partial charge is 0.467 e. The number of nitrogens with zero attached hydrogens (tertiary/aromatic N) is 2. The fourth-order valence-electron chi connectivity index (χ4n) is 1.50. The van der Waals surface area contributed by atoms with Crippen LogP contribution in [-0.4, -0.2) is 26.8 Å². The van der Waals surface area contributed by atoms with E-state index >= 15 is 0 Å². The van der Waals surface area contributed by atoms with Crippen molar-refractivity contribution in [1.29, 1.82) is 0 Å². The van der Waals surface area contributed by atoms with E-state index in [2.05, 4.69) is 15.5 Å². The van der Waals surface area contributed by atoms with Crippen molar-refractivity contribution >= 4 is 23.4 Å². The molecule has 0 saturated carbocycles. The molecular weight excluding hydrogens is 284 g/mol. The van der Waals surface area contributed by atoms with Gasteiger partial charge in [-0.05, 0) is 19.1 Å². The van der Waals surface area contributed by atoms with Crippen LogP contribution in [0, 0.1) is 17.0 Å². The van der Waals surface area contributed by atoms with Crippen LogP contribution in [0.15, 0.2) is 27.8 Å². The molecule has 106 valence electrons. The monoisotopic (exact) mass is 296 g/mol. The molecule has 0 atom stereocenters. The number of H-pyrrole nitrogens is 1. The van der Waals surface area contributed by atoms with Crippen LogP contribution >= 0.6 is 11.8 Å². The van der Waals surface area contributed by atoms with Gasteiger partial charge in [-0.2, -0.15) is 5.10 Å². The average Bonchev–Trinajstić information content (AvgIpc) is 3.03. The summed E-state index contributed by atoms with van der Waals surface area (Å²) in [5.74, 6) is 0.442. The molecule has 0 unspecified atom stereocenters. The van der Waals surface area contributed by atoms with E-state index in [9.17, 15) is 14.9 Å². The zero-order chi connectivity index (χ0) is 14.5. The minimum Gasteiger partial charge on any atom is -0.467 e. The summed E-state index contributed by atoms with van der Waals surface area (Å²) in [5.41, 5.74) is 0.280. The minimum atomic E-state index is -0.512. The molecule has 2 N–H and O–H groups in total. The highest BCUT2D eigenvalue weighted by atomic mass is 32.2. The van der Waals surface area contributed by atoms with E-state index in [-0.39, 0.29) is 28.9 Å². The van der Waals surface area contributed by atoms with E-state index < -0.39 is 4.92 Å². The third-order valence-electron chi connectivity index (χ3n) is 2.45. The van der Waals surface area contributed by atoms with Gasteiger partial charge in [0.15, 0.2) is 5.03 Å². The van der Waals surface area contributed by atoms with Gasteiger partial charge in [0.1, 0.15) is 11.5 Å². The molecule has 8 nitrogen and oxygen atoms in total. The third-order valence-corrected chi connectivity index (χ3v) is 3.41. The van der Waals surface area contributed by atoms with Crippen molar-refractivity contribution < 1.29 is 14.1 Å². The van der Waals surface area contributed by atoms with Gasteiger partial charge in [-0.25, -0.2) is 0 Å². The Morgan fingerprint density at radius 1 is 1.65 bits per heavy atom. The van der Waals surface area contributed by atoms with Crippen molar-refractivity contribution in [2.24, 2.45) is 0 Å². The van der Waals surface area contributed by atoms with E-state index in [1.54, 1.807) is 19.1 Å². The number of furan rings is 1. The van der Waals surface area contributed by atoms with Crippen LogP contribution < -0.4 is 5.32 Å². The number of thioether (sulfide) groups is 1. The normalized spacial score (nSPS) is 10.4. The maximum Gasteiger partial charge on any atom is 0.323 e. The fourth-order valence-corrected chi connectivity index (χ4v) is 2.34. The number of rotatable bonds is 6. The average molecular weight is 296 g/mol. The number of aromatic nitrogens is 2. The molecule has 20 heavy (non-hydrogen) atoms. The molecule has 0 spiro atoms. The zero-order valence-electron chi connectivity index (χ0n) is 10.6. The minimum absolute atomic E-state index is 0.0475. The summed E-state index contributed by atoms with van der Waals surface area (Å²) in [6.07, 6.45) is 1.52. The molecule has 1 amide bonds. The lowest BCUT2D eigenvalue weighted by molar-refractivity contribution is -0.388. The first-order chi connectivity index (χ1) is 9.58. The van der Waals surface area contributed by atoms with Gasteiger partial charge >= 0.3 is 5.69 Å². The lowest BCUT2D eigenvalue weighted by atomic mass is 10.4. The van der Waals surface area contributed by atoms with E-state index in [4.69, 9.17) is 4.42 Å². The molecule has 0 saturated heterocycles. The number of carbonyl (C=O) groups is 1. The van der Waals surface area contributed by atoms with Crippen molar-refractivity contribution in [2.45, 2.75) is 18.5 Å². The first kappa shape index (κ1) is 14.1. The number of aromatic amines is 1. The second-order valence-electron chi connectivity index (χ2n) is 3.90. The molecule has 0 aliphatic rings. The van der Waals surface area contributed by atoms with E-state index in [1.165, 1.54) is 6.26 Å². The summed E-state index contributed by atoms with van der Waals surface area (Å²) < 4.78 is 5.07. The Balaban J connectivity index is 1.86. The summed E-state index contributed by atoms with van der Waals surface area (Å²) >= 11 is 1.01. The Labute approximate surface area is 118 Å². The summed E-state index contributed by atoms with van der Waals surface area (Å²) in [6, 6.07) is 3.47. The first-order valence-corrected chi connectivity index (χ1v) is 6.67. The van der Waals surface area contributed by atoms with Gasteiger partial charge in [-0.1, -0.05) is 11.8 Å². The van der Waals surface area contributed by atoms with Crippen molar-refractivity contribution in [1.82, 2.24) is 15.5 Å². The summed E-state index contributed by atoms with van der Waals surface area (Å²) in [7, 11) is 0. The maximum atomic E-state index is 11.6. The molecule has 0 aliphatic carbocycles. The first-order valence-electron chi connectivity index (χ1n) is 5.69. The number of aryl methyl sites for hydroxylation is 1. The lowest BCUT2D eigenvalue weighted by Crippen LogP contribution is -2.24. The number of hydrogen-bond donors (Lipinski definition) is 2. The Morgan fingerprint density at radius 2 is 2.45 bits per heavy atom. The second-order valence-corrected chi connectivity index (χ2v) is 4.87. The van der Waals surface area contributed by atoms with Crippen LogP contribution in [0.4, 0.5) is 5.69 Å². The summed E-state index contributed by atoms with van der Waals surface area (Å²) in [5, 5.41) is 20.1. The Morgan fingerprint density at radius 3 is 3.10 bits per heavy atom. The molecule has 2 rings (SSSR count). The zero-order valence-corrected chi connectivity index (χ0v) is 11.4. The van der Waals surface area contributed by atoms with Gasteiger partial charge in [0.25, 0.3) is 0 Å². The summed E-state index contributed by atoms with van der Waals surface area (Å²) in [6.45, 7) is 1.85. The number of nitro groups is 1. The van der Waals surface area contributed by atoms with Gasteiger partial charge in [-0.3, -0.25) is 20.0 Å². The number of hydrogen-bond acceptors (Lipinski definition) is 6. The Hall–Kier alpha value is -2.29. The molecule has 9 heteroatoms. The highest BCUT2D eigenvalue weighted by molar-refractivity contribution is 8.00. The van der Waals surface area contributed by atoms with Crippen molar-refractivity contribution in [3.8, 4) is 0 Å². The van der Waals surface area contributed by atoms with Crippen molar-refractivity contribution in [3.05, 3.63) is 40.0 Å². The molecule has 2 aromatic heterocycles. The van der Waals surface area contributed by atoms with Crippen LogP contribution in [0.2, 0.25) is 0 Å².